The van der Waals surface area contributed by atoms with Gasteiger partial charge in [0.1, 0.15) is 11.9 Å². The molecule has 4 aliphatic rings. The van der Waals surface area contributed by atoms with Crippen LogP contribution in [-0.2, 0) is 14.3 Å². The highest BCUT2D eigenvalue weighted by molar-refractivity contribution is 6.33. The molecular weight excluding hydrogens is 496 g/mol. The van der Waals surface area contributed by atoms with Crippen molar-refractivity contribution in [3.63, 3.8) is 0 Å². The van der Waals surface area contributed by atoms with Crippen LogP contribution in [0.5, 0.6) is 5.75 Å². The molecule has 9 nitrogen and oxygen atoms in total. The number of amides is 1. The minimum Gasteiger partial charge on any atom is -0.496 e. The van der Waals surface area contributed by atoms with Gasteiger partial charge in [-0.15, -0.1) is 0 Å². The molecule has 4 saturated heterocycles. The average molecular weight is 537 g/mol. The van der Waals surface area contributed by atoms with Gasteiger partial charge in [-0.3, -0.25) is 14.5 Å². The van der Waals surface area contributed by atoms with Crippen molar-refractivity contribution in [3.05, 3.63) is 22.7 Å². The summed E-state index contributed by atoms with van der Waals surface area (Å²) < 4.78 is 16.8. The van der Waals surface area contributed by atoms with Crippen molar-refractivity contribution in [2.24, 2.45) is 5.92 Å². The first kappa shape index (κ1) is 28.0. The Morgan fingerprint density at radius 3 is 2.51 bits per heavy atom. The number of rotatable bonds is 11. The topological polar surface area (TPSA) is 106 Å². The number of carbonyl (C=O) groups excluding carboxylic acids is 2. The summed E-state index contributed by atoms with van der Waals surface area (Å²) in [7, 11) is 3.17. The van der Waals surface area contributed by atoms with Crippen molar-refractivity contribution in [3.8, 4) is 5.75 Å². The molecular formula is C27H41ClN4O5. The number of nitrogen functional groups attached to an aromatic ring is 1. The fraction of sp³-hybridized carbons (Fsp3) is 0.704. The van der Waals surface area contributed by atoms with Gasteiger partial charge in [0.05, 0.1) is 35.5 Å². The third-order valence-corrected chi connectivity index (χ3v) is 8.39. The van der Waals surface area contributed by atoms with Crippen molar-refractivity contribution in [1.29, 1.82) is 0 Å². The Morgan fingerprint density at radius 1 is 1.05 bits per heavy atom. The van der Waals surface area contributed by atoms with Crippen LogP contribution < -0.4 is 15.8 Å². The van der Waals surface area contributed by atoms with Crippen LogP contribution in [0.2, 0.25) is 5.02 Å². The molecule has 5 rings (SSSR count). The molecule has 0 aliphatic carbocycles. The Bertz CT molecular complexity index is 940. The predicted octanol–water partition coefficient (Wildman–Crippen LogP) is 2.95. The predicted molar refractivity (Wildman–Crippen MR) is 143 cm³/mol. The number of carbonyl (C=O) groups is 2. The van der Waals surface area contributed by atoms with Gasteiger partial charge < -0.3 is 30.2 Å². The van der Waals surface area contributed by atoms with E-state index in [2.05, 4.69) is 15.1 Å². The fourth-order valence-electron chi connectivity index (χ4n) is 5.80. The van der Waals surface area contributed by atoms with Gasteiger partial charge in [-0.2, -0.15) is 0 Å². The van der Waals surface area contributed by atoms with Crippen molar-refractivity contribution < 1.29 is 23.8 Å². The molecule has 4 heterocycles. The maximum Gasteiger partial charge on any atom is 0.306 e. The van der Waals surface area contributed by atoms with E-state index in [4.69, 9.17) is 31.5 Å². The number of nitrogens with one attached hydrogen (secondary N) is 1. The standard InChI is InChI=1S/C27H41ClN4O5/c1-35-23-15-21(29)20(28)14-19(23)27(34)30-22-9-13-31(17-25(22)36-2)10-5-3-4-6-26(33)37-24-16-32-11-7-18(24)8-12-32/h14-15,18,22,24-25H,3-13,16-17,29H2,1-2H3,(H,30,34)/t22?,24?,25-/m0/s1. The highest BCUT2D eigenvalue weighted by Crippen LogP contribution is 2.30. The normalized spacial score (nSPS) is 27.6. The van der Waals surface area contributed by atoms with Crippen LogP contribution in [0.25, 0.3) is 0 Å². The van der Waals surface area contributed by atoms with Crippen LogP contribution in [-0.4, -0.2) is 93.4 Å². The van der Waals surface area contributed by atoms with Crippen LogP contribution in [0.4, 0.5) is 5.69 Å². The second-order valence-corrected chi connectivity index (χ2v) is 10.9. The number of piperidine rings is 4. The van der Waals surface area contributed by atoms with Crippen LogP contribution in [0.15, 0.2) is 12.1 Å². The lowest BCUT2D eigenvalue weighted by molar-refractivity contribution is -0.158. The molecule has 206 valence electrons. The summed E-state index contributed by atoms with van der Waals surface area (Å²) in [5, 5.41) is 3.40. The quantitative estimate of drug-likeness (QED) is 0.252. The average Bonchev–Trinajstić information content (AvgIpc) is 2.91. The maximum atomic E-state index is 13.0. The van der Waals surface area contributed by atoms with Crippen molar-refractivity contribution >= 4 is 29.2 Å². The highest BCUT2D eigenvalue weighted by Gasteiger charge is 2.36. The molecule has 1 aromatic carbocycles. The van der Waals surface area contributed by atoms with Gasteiger partial charge in [0.15, 0.2) is 0 Å². The van der Waals surface area contributed by atoms with Crippen LogP contribution in [0.1, 0.15) is 55.3 Å². The number of esters is 1. The van der Waals surface area contributed by atoms with Crippen LogP contribution >= 0.6 is 11.6 Å². The van der Waals surface area contributed by atoms with Crippen molar-refractivity contribution in [1.82, 2.24) is 15.1 Å². The van der Waals surface area contributed by atoms with Gasteiger partial charge in [-0.25, -0.2) is 0 Å². The Labute approximate surface area is 224 Å². The van der Waals surface area contributed by atoms with E-state index < -0.39 is 0 Å². The number of nitrogens with zero attached hydrogens (tertiary/aromatic N) is 2. The molecule has 3 atom stereocenters. The fourth-order valence-corrected chi connectivity index (χ4v) is 5.97. The lowest BCUT2D eigenvalue weighted by Crippen LogP contribution is -2.54. The Morgan fingerprint density at radius 2 is 1.84 bits per heavy atom. The second kappa shape index (κ2) is 13.1. The van der Waals surface area contributed by atoms with E-state index in [1.54, 1.807) is 13.2 Å². The summed E-state index contributed by atoms with van der Waals surface area (Å²) in [5.41, 5.74) is 6.56. The lowest BCUT2D eigenvalue weighted by atomic mass is 9.86. The van der Waals surface area contributed by atoms with E-state index in [0.29, 0.717) is 34.4 Å². The minimum absolute atomic E-state index is 0.0474. The first-order valence-electron chi connectivity index (χ1n) is 13.5. The number of nitrogens with two attached hydrogens (primary N) is 1. The first-order valence-corrected chi connectivity index (χ1v) is 13.9. The van der Waals surface area contributed by atoms with E-state index in [1.807, 2.05) is 0 Å². The molecule has 3 N–H and O–H groups in total. The summed E-state index contributed by atoms with van der Waals surface area (Å²) in [4.78, 5) is 30.0. The van der Waals surface area contributed by atoms with Gasteiger partial charge in [0, 0.05) is 39.2 Å². The van der Waals surface area contributed by atoms with Crippen LogP contribution in [0, 0.1) is 5.92 Å². The zero-order chi connectivity index (χ0) is 26.4. The minimum atomic E-state index is -0.260. The van der Waals surface area contributed by atoms with E-state index in [-0.39, 0.29) is 30.1 Å². The summed E-state index contributed by atoms with van der Waals surface area (Å²) >= 11 is 6.13. The summed E-state index contributed by atoms with van der Waals surface area (Å²) in [6, 6.07) is 2.98. The molecule has 37 heavy (non-hydrogen) atoms. The summed E-state index contributed by atoms with van der Waals surface area (Å²) in [6.07, 6.45) is 6.42. The number of unbranched alkanes of at least 4 members (excludes halogenated alkanes) is 2. The number of halogens is 1. The Hall–Kier alpha value is -2.07. The molecule has 1 amide bonds. The first-order chi connectivity index (χ1) is 17.9. The van der Waals surface area contributed by atoms with E-state index in [1.165, 1.54) is 13.2 Å². The third kappa shape index (κ3) is 7.28. The van der Waals surface area contributed by atoms with Crippen molar-refractivity contribution in [2.75, 3.05) is 59.2 Å². The maximum absolute atomic E-state index is 13.0. The largest absolute Gasteiger partial charge is 0.496 e. The molecule has 0 radical (unpaired) electrons. The number of anilines is 1. The zero-order valence-electron chi connectivity index (χ0n) is 22.0. The van der Waals surface area contributed by atoms with E-state index in [0.717, 1.165) is 77.8 Å². The monoisotopic (exact) mass is 536 g/mol. The zero-order valence-corrected chi connectivity index (χ0v) is 22.8. The molecule has 10 heteroatoms. The number of benzene rings is 1. The molecule has 4 aliphatic heterocycles. The number of hydrogen-bond donors (Lipinski definition) is 2. The molecule has 0 spiro atoms. The molecule has 1 aromatic rings. The lowest BCUT2D eigenvalue weighted by Gasteiger charge is -2.43. The Balaban J connectivity index is 1.15. The smallest absolute Gasteiger partial charge is 0.306 e. The van der Waals surface area contributed by atoms with Gasteiger partial charge in [0.25, 0.3) is 5.91 Å². The molecule has 2 bridgehead atoms. The number of likely N-dealkylation sites (tertiary alicyclic amines) is 1. The number of ether oxygens (including phenoxy) is 3. The summed E-state index contributed by atoms with van der Waals surface area (Å²) in [6.45, 7) is 5.76. The molecule has 2 unspecified atom stereocenters. The number of hydrogen-bond acceptors (Lipinski definition) is 8. The SMILES string of the molecule is COc1cc(N)c(Cl)cc1C(=O)NC1CCN(CCCCCC(=O)OC2CN3CCC2CC3)C[C@@H]1OC. The van der Waals surface area contributed by atoms with E-state index in [9.17, 15) is 9.59 Å². The number of fused-ring (bicyclic) bond motifs is 3. The van der Waals surface area contributed by atoms with Crippen LogP contribution in [0.3, 0.4) is 0 Å². The highest BCUT2D eigenvalue weighted by atomic mass is 35.5. The Kier molecular flexibility index (Phi) is 9.92. The molecule has 0 saturated carbocycles. The molecule has 4 fully saturated rings. The second-order valence-electron chi connectivity index (χ2n) is 10.5. The van der Waals surface area contributed by atoms with E-state index >= 15 is 0 Å². The van der Waals surface area contributed by atoms with Gasteiger partial charge >= 0.3 is 5.97 Å². The van der Waals surface area contributed by atoms with Gasteiger partial charge in [-0.1, -0.05) is 18.0 Å². The van der Waals surface area contributed by atoms with Gasteiger partial charge in [-0.05, 0) is 63.7 Å². The molecule has 0 aromatic heterocycles. The van der Waals surface area contributed by atoms with Crippen molar-refractivity contribution in [2.45, 2.75) is 63.2 Å². The number of methoxy groups -OCH3 is 2. The van der Waals surface area contributed by atoms with Gasteiger partial charge in [0.2, 0.25) is 0 Å². The third-order valence-electron chi connectivity index (χ3n) is 8.06. The summed E-state index contributed by atoms with van der Waals surface area (Å²) in [5.74, 6) is 0.637.